The average molecular weight is 420 g/mol. The minimum atomic E-state index is -0.711. The number of hydrogen-bond acceptors (Lipinski definition) is 5. The van der Waals surface area contributed by atoms with E-state index in [1.807, 2.05) is 49.6 Å². The Labute approximate surface area is 178 Å². The predicted molar refractivity (Wildman–Crippen MR) is 118 cm³/mol. The van der Waals surface area contributed by atoms with Gasteiger partial charge < -0.3 is 9.84 Å². The average Bonchev–Trinajstić information content (AvgIpc) is 3.29. The van der Waals surface area contributed by atoms with Crippen LogP contribution in [0, 0.1) is 13.8 Å². The van der Waals surface area contributed by atoms with Crippen molar-refractivity contribution >= 4 is 34.5 Å². The van der Waals surface area contributed by atoms with Crippen LogP contribution in [0.3, 0.4) is 0 Å². The van der Waals surface area contributed by atoms with E-state index in [2.05, 4.69) is 0 Å². The van der Waals surface area contributed by atoms with E-state index in [-0.39, 0.29) is 11.3 Å². The van der Waals surface area contributed by atoms with Crippen LogP contribution in [0.4, 0.5) is 5.69 Å². The molecule has 4 rings (SSSR count). The number of rotatable bonds is 4. The zero-order valence-corrected chi connectivity index (χ0v) is 17.7. The Bertz CT molecular complexity index is 1160. The van der Waals surface area contributed by atoms with E-state index in [9.17, 15) is 14.7 Å². The van der Waals surface area contributed by atoms with Gasteiger partial charge in [-0.25, -0.2) is 0 Å². The number of aryl methyl sites for hydroxylation is 2. The maximum absolute atomic E-state index is 13.1. The lowest BCUT2D eigenvalue weighted by Gasteiger charge is -2.25. The standard InChI is InChI=1S/C24H21NO4S/c1-14-8-10-16(11-9-14)25-20(23-15(2)12-13-30-23)19(22(27)24(25)28)21(26)17-6-4-5-7-18(17)29-3/h4-13,20,26H,1-3H3/b21-19+. The Balaban J connectivity index is 1.97. The highest BCUT2D eigenvalue weighted by molar-refractivity contribution is 7.10. The summed E-state index contributed by atoms with van der Waals surface area (Å²) in [5.74, 6) is -1.18. The molecule has 0 bridgehead atoms. The summed E-state index contributed by atoms with van der Waals surface area (Å²) in [6.07, 6.45) is 0. The summed E-state index contributed by atoms with van der Waals surface area (Å²) in [5, 5.41) is 13.1. The Morgan fingerprint density at radius 2 is 1.73 bits per heavy atom. The molecule has 30 heavy (non-hydrogen) atoms. The van der Waals surface area contributed by atoms with E-state index in [0.717, 1.165) is 16.0 Å². The largest absolute Gasteiger partial charge is 0.507 e. The molecule has 5 nitrogen and oxygen atoms in total. The Kier molecular flexibility index (Phi) is 5.18. The van der Waals surface area contributed by atoms with Gasteiger partial charge in [-0.2, -0.15) is 0 Å². The highest BCUT2D eigenvalue weighted by Crippen LogP contribution is 2.45. The number of amides is 1. The van der Waals surface area contributed by atoms with E-state index in [4.69, 9.17) is 4.74 Å². The molecule has 1 fully saturated rings. The summed E-state index contributed by atoms with van der Waals surface area (Å²) in [6, 6.07) is 15.6. The molecule has 1 aliphatic heterocycles. The zero-order valence-electron chi connectivity index (χ0n) is 16.9. The predicted octanol–water partition coefficient (Wildman–Crippen LogP) is 5.00. The van der Waals surface area contributed by atoms with E-state index < -0.39 is 17.7 Å². The van der Waals surface area contributed by atoms with Gasteiger partial charge in [0.05, 0.1) is 18.2 Å². The molecule has 1 amide bonds. The molecule has 0 aliphatic carbocycles. The van der Waals surface area contributed by atoms with Crippen molar-refractivity contribution in [1.29, 1.82) is 0 Å². The minimum Gasteiger partial charge on any atom is -0.507 e. The van der Waals surface area contributed by atoms with Gasteiger partial charge in [-0.3, -0.25) is 14.5 Å². The van der Waals surface area contributed by atoms with Crippen molar-refractivity contribution in [2.75, 3.05) is 12.0 Å². The monoisotopic (exact) mass is 419 g/mol. The molecular weight excluding hydrogens is 398 g/mol. The molecule has 3 aromatic rings. The number of Topliss-reactive ketones (excluding diaryl/α,β-unsaturated/α-hetero) is 1. The van der Waals surface area contributed by atoms with Gasteiger partial charge in [-0.1, -0.05) is 29.8 Å². The van der Waals surface area contributed by atoms with Gasteiger partial charge in [-0.05, 0) is 55.1 Å². The van der Waals surface area contributed by atoms with Crippen molar-refractivity contribution in [2.45, 2.75) is 19.9 Å². The Hall–Kier alpha value is -3.38. The van der Waals surface area contributed by atoms with Gasteiger partial charge in [0, 0.05) is 10.6 Å². The number of nitrogens with zero attached hydrogens (tertiary/aromatic N) is 1. The van der Waals surface area contributed by atoms with Crippen molar-refractivity contribution in [3.8, 4) is 5.75 Å². The summed E-state index contributed by atoms with van der Waals surface area (Å²) < 4.78 is 5.36. The second kappa shape index (κ2) is 7.80. The number of para-hydroxylation sites is 1. The summed E-state index contributed by atoms with van der Waals surface area (Å²) in [7, 11) is 1.50. The number of benzene rings is 2. The van der Waals surface area contributed by atoms with Crippen LogP contribution in [0.5, 0.6) is 5.75 Å². The fraction of sp³-hybridized carbons (Fsp3) is 0.167. The molecule has 0 spiro atoms. The number of carbonyl (C=O) groups is 2. The molecule has 2 heterocycles. The van der Waals surface area contributed by atoms with Gasteiger partial charge in [0.25, 0.3) is 11.7 Å². The normalized spacial score (nSPS) is 18.1. The van der Waals surface area contributed by atoms with Gasteiger partial charge in [0.1, 0.15) is 17.6 Å². The van der Waals surface area contributed by atoms with E-state index in [1.165, 1.54) is 23.3 Å². The quantitative estimate of drug-likeness (QED) is 0.367. The molecule has 152 valence electrons. The number of ether oxygens (including phenoxy) is 1. The van der Waals surface area contributed by atoms with Gasteiger partial charge in [0.2, 0.25) is 0 Å². The maximum Gasteiger partial charge on any atom is 0.300 e. The van der Waals surface area contributed by atoms with Crippen molar-refractivity contribution in [2.24, 2.45) is 0 Å². The first-order chi connectivity index (χ1) is 14.4. The Morgan fingerprint density at radius 1 is 1.03 bits per heavy atom. The molecule has 2 aromatic carbocycles. The van der Waals surface area contributed by atoms with E-state index in [1.54, 1.807) is 24.3 Å². The summed E-state index contributed by atoms with van der Waals surface area (Å²) in [5.41, 5.74) is 3.06. The van der Waals surface area contributed by atoms with E-state index >= 15 is 0 Å². The molecule has 1 atom stereocenters. The molecule has 1 N–H and O–H groups in total. The van der Waals surface area contributed by atoms with E-state index in [0.29, 0.717) is 17.0 Å². The van der Waals surface area contributed by atoms with Crippen molar-refractivity contribution in [3.05, 3.63) is 87.1 Å². The number of carbonyl (C=O) groups excluding carboxylic acids is 2. The highest BCUT2D eigenvalue weighted by Gasteiger charge is 2.48. The summed E-state index contributed by atoms with van der Waals surface area (Å²) in [6.45, 7) is 3.89. The van der Waals surface area contributed by atoms with Crippen LogP contribution >= 0.6 is 11.3 Å². The molecule has 1 unspecified atom stereocenters. The fourth-order valence-corrected chi connectivity index (χ4v) is 4.73. The lowest BCUT2D eigenvalue weighted by molar-refractivity contribution is -0.132. The molecule has 0 radical (unpaired) electrons. The number of aliphatic hydroxyl groups excluding tert-OH is 1. The second-order valence-corrected chi connectivity index (χ2v) is 8.12. The topological polar surface area (TPSA) is 66.8 Å². The third-order valence-corrected chi connectivity index (χ3v) is 6.34. The summed E-state index contributed by atoms with van der Waals surface area (Å²) in [4.78, 5) is 28.6. The van der Waals surface area contributed by atoms with Crippen LogP contribution < -0.4 is 9.64 Å². The van der Waals surface area contributed by atoms with Gasteiger partial charge in [0.15, 0.2) is 0 Å². The smallest absolute Gasteiger partial charge is 0.300 e. The van der Waals surface area contributed by atoms with Crippen LogP contribution in [-0.4, -0.2) is 23.9 Å². The fourth-order valence-electron chi connectivity index (χ4n) is 3.70. The third kappa shape index (κ3) is 3.19. The Morgan fingerprint density at radius 3 is 2.37 bits per heavy atom. The number of thiophene rings is 1. The van der Waals surface area contributed by atoms with Gasteiger partial charge >= 0.3 is 0 Å². The lowest BCUT2D eigenvalue weighted by Crippen LogP contribution is -2.29. The van der Waals surface area contributed by atoms with Gasteiger partial charge in [-0.15, -0.1) is 11.3 Å². The number of aliphatic hydroxyl groups is 1. The molecule has 1 aliphatic rings. The molecule has 1 aromatic heterocycles. The van der Waals surface area contributed by atoms with Crippen LogP contribution in [0.1, 0.15) is 27.6 Å². The molecule has 0 saturated carbocycles. The maximum atomic E-state index is 13.1. The van der Waals surface area contributed by atoms with Crippen LogP contribution in [0.25, 0.3) is 5.76 Å². The van der Waals surface area contributed by atoms with Crippen molar-refractivity contribution in [3.63, 3.8) is 0 Å². The zero-order chi connectivity index (χ0) is 21.4. The number of methoxy groups -OCH3 is 1. The molecular formula is C24H21NO4S. The molecule has 1 saturated heterocycles. The first-order valence-electron chi connectivity index (χ1n) is 9.49. The first kappa shape index (κ1) is 19.9. The number of ketones is 1. The number of anilines is 1. The lowest BCUT2D eigenvalue weighted by atomic mass is 9.98. The van der Waals surface area contributed by atoms with Crippen molar-refractivity contribution < 1.29 is 19.4 Å². The SMILES string of the molecule is COc1ccccc1/C(O)=C1\C(=O)C(=O)N(c2ccc(C)cc2)C1c1sccc1C. The first-order valence-corrected chi connectivity index (χ1v) is 10.4. The van der Waals surface area contributed by atoms with Crippen LogP contribution in [0.2, 0.25) is 0 Å². The summed E-state index contributed by atoms with van der Waals surface area (Å²) >= 11 is 1.46. The number of hydrogen-bond donors (Lipinski definition) is 1. The second-order valence-electron chi connectivity index (χ2n) is 7.17. The minimum absolute atomic E-state index is 0.0654. The molecule has 6 heteroatoms. The third-order valence-electron chi connectivity index (χ3n) is 5.27. The van der Waals surface area contributed by atoms with Crippen molar-refractivity contribution in [1.82, 2.24) is 0 Å². The van der Waals surface area contributed by atoms with Crippen LogP contribution in [-0.2, 0) is 9.59 Å². The highest BCUT2D eigenvalue weighted by atomic mass is 32.1. The van der Waals surface area contributed by atoms with Crippen LogP contribution in [0.15, 0.2) is 65.6 Å².